The number of ether oxygens (including phenoxy) is 1. The third-order valence-electron chi connectivity index (χ3n) is 4.41. The number of aryl methyl sites for hydroxylation is 1. The highest BCUT2D eigenvalue weighted by Crippen LogP contribution is 2.24. The normalized spacial score (nSPS) is 12.5. The first-order valence-electron chi connectivity index (χ1n) is 9.87. The second-order valence-corrected chi connectivity index (χ2v) is 9.25. The van der Waals surface area contributed by atoms with Crippen molar-refractivity contribution in [3.8, 4) is 5.75 Å². The maximum Gasteiger partial charge on any atom is 0.243 e. The number of hydrogen-bond donors (Lipinski definition) is 1. The Bertz CT molecular complexity index is 946. The van der Waals surface area contributed by atoms with E-state index >= 15 is 0 Å². The van der Waals surface area contributed by atoms with E-state index in [4.69, 9.17) is 4.74 Å². The maximum atomic E-state index is 14.1. The van der Waals surface area contributed by atoms with Crippen molar-refractivity contribution < 1.29 is 22.3 Å². The molecule has 164 valence electrons. The van der Waals surface area contributed by atoms with Gasteiger partial charge in [-0.2, -0.15) is 0 Å². The van der Waals surface area contributed by atoms with E-state index in [9.17, 15) is 17.6 Å². The predicted molar refractivity (Wildman–Crippen MR) is 117 cm³/mol. The van der Waals surface area contributed by atoms with E-state index in [1.54, 1.807) is 0 Å². The molecule has 0 heterocycles. The van der Waals surface area contributed by atoms with Gasteiger partial charge in [-0.3, -0.25) is 9.10 Å². The molecule has 2 aromatic carbocycles. The Labute approximate surface area is 178 Å². The molecule has 0 fully saturated rings. The van der Waals surface area contributed by atoms with Crippen molar-refractivity contribution in [2.45, 2.75) is 45.8 Å². The highest BCUT2D eigenvalue weighted by molar-refractivity contribution is 7.92. The lowest BCUT2D eigenvalue weighted by Crippen LogP contribution is -2.48. The highest BCUT2D eigenvalue weighted by Gasteiger charge is 2.30. The fourth-order valence-corrected chi connectivity index (χ4v) is 4.25. The monoisotopic (exact) mass is 436 g/mol. The zero-order valence-corrected chi connectivity index (χ0v) is 18.6. The number of sulfonamides is 1. The molecule has 6 nitrogen and oxygen atoms in total. The van der Waals surface area contributed by atoms with Gasteiger partial charge >= 0.3 is 0 Å². The Kier molecular flexibility index (Phi) is 8.23. The molecule has 0 bridgehead atoms. The van der Waals surface area contributed by atoms with Crippen LogP contribution in [-0.4, -0.2) is 39.3 Å². The molecule has 0 aliphatic heterocycles. The molecule has 1 N–H and O–H groups in total. The fourth-order valence-electron chi connectivity index (χ4n) is 3.07. The smallest absolute Gasteiger partial charge is 0.243 e. The van der Waals surface area contributed by atoms with Crippen LogP contribution in [0.2, 0.25) is 0 Å². The number of nitrogens with one attached hydrogen (secondary N) is 1. The quantitative estimate of drug-likeness (QED) is 0.578. The first-order chi connectivity index (χ1) is 14.1. The Hall–Kier alpha value is -2.61. The van der Waals surface area contributed by atoms with Crippen molar-refractivity contribution in [1.29, 1.82) is 0 Å². The molecule has 0 aliphatic rings. The summed E-state index contributed by atoms with van der Waals surface area (Å²) in [5.74, 6) is -0.373. The summed E-state index contributed by atoms with van der Waals surface area (Å²) in [6, 6.07) is 12.2. The Balaban J connectivity index is 1.92. The van der Waals surface area contributed by atoms with E-state index in [0.717, 1.165) is 34.4 Å². The minimum absolute atomic E-state index is 0.115. The second-order valence-electron chi connectivity index (χ2n) is 7.39. The zero-order chi connectivity index (χ0) is 22.3. The number of anilines is 1. The molecule has 0 radical (unpaired) electrons. The molecule has 0 saturated carbocycles. The van der Waals surface area contributed by atoms with Gasteiger partial charge in [-0.1, -0.05) is 24.3 Å². The molecule has 1 atom stereocenters. The molecular formula is C22H29FN2O4S. The number of hydrogen-bond acceptors (Lipinski definition) is 4. The van der Waals surface area contributed by atoms with E-state index in [-0.39, 0.29) is 11.8 Å². The van der Waals surface area contributed by atoms with Gasteiger partial charge in [-0.15, -0.1) is 0 Å². The van der Waals surface area contributed by atoms with Crippen LogP contribution in [0.15, 0.2) is 48.5 Å². The van der Waals surface area contributed by atoms with Crippen molar-refractivity contribution in [2.24, 2.45) is 0 Å². The summed E-state index contributed by atoms with van der Waals surface area (Å²) in [6.07, 6.45) is 2.50. The van der Waals surface area contributed by atoms with Gasteiger partial charge in [0.2, 0.25) is 15.9 Å². The number of para-hydroxylation sites is 1. The lowest BCUT2D eigenvalue weighted by Gasteiger charge is -2.28. The first-order valence-corrected chi connectivity index (χ1v) is 11.7. The van der Waals surface area contributed by atoms with Gasteiger partial charge < -0.3 is 10.1 Å². The van der Waals surface area contributed by atoms with Crippen molar-refractivity contribution in [3.05, 3.63) is 59.9 Å². The number of rotatable bonds is 10. The van der Waals surface area contributed by atoms with E-state index < -0.39 is 27.8 Å². The van der Waals surface area contributed by atoms with Crippen molar-refractivity contribution in [2.75, 3.05) is 17.1 Å². The van der Waals surface area contributed by atoms with Crippen LogP contribution < -0.4 is 14.4 Å². The van der Waals surface area contributed by atoms with E-state index in [2.05, 4.69) is 5.32 Å². The minimum atomic E-state index is -3.85. The number of halogens is 1. The van der Waals surface area contributed by atoms with E-state index in [1.807, 2.05) is 38.1 Å². The molecule has 0 aliphatic carbocycles. The summed E-state index contributed by atoms with van der Waals surface area (Å²) in [4.78, 5) is 12.5. The lowest BCUT2D eigenvalue weighted by atomic mass is 10.1. The third-order valence-corrected chi connectivity index (χ3v) is 5.64. The van der Waals surface area contributed by atoms with Crippen molar-refractivity contribution in [1.82, 2.24) is 5.32 Å². The summed E-state index contributed by atoms with van der Waals surface area (Å²) in [5.41, 5.74) is 0.962. The number of amides is 1. The van der Waals surface area contributed by atoms with Gasteiger partial charge in [0.1, 0.15) is 17.6 Å². The first kappa shape index (κ1) is 23.7. The van der Waals surface area contributed by atoms with Crippen LogP contribution in [0, 0.1) is 5.82 Å². The average molecular weight is 437 g/mol. The van der Waals surface area contributed by atoms with Crippen LogP contribution in [0.25, 0.3) is 0 Å². The molecule has 0 saturated heterocycles. The standard InChI is InChI=1S/C22H29FN2O4S/c1-16(2)29-19-13-11-18(12-14-19)8-7-15-24-22(26)17(3)25(30(4,27)28)21-10-6-5-9-20(21)23/h5-6,9-14,16-17H,7-8,15H2,1-4H3,(H,24,26)/t17-/m0/s1. The molecule has 8 heteroatoms. The maximum absolute atomic E-state index is 14.1. The zero-order valence-electron chi connectivity index (χ0n) is 17.8. The number of nitrogens with zero attached hydrogens (tertiary/aromatic N) is 1. The molecule has 0 aromatic heterocycles. The van der Waals surface area contributed by atoms with Gasteiger partial charge in [0.15, 0.2) is 0 Å². The van der Waals surface area contributed by atoms with E-state index in [1.165, 1.54) is 25.1 Å². The predicted octanol–water partition coefficient (Wildman–Crippen LogP) is 3.52. The highest BCUT2D eigenvalue weighted by atomic mass is 32.2. The molecule has 2 aromatic rings. The Morgan fingerprint density at radius 1 is 1.10 bits per heavy atom. The topological polar surface area (TPSA) is 75.7 Å². The van der Waals surface area contributed by atoms with Gasteiger partial charge in [0, 0.05) is 6.54 Å². The van der Waals surface area contributed by atoms with Gasteiger partial charge in [0.25, 0.3) is 0 Å². The van der Waals surface area contributed by atoms with Crippen LogP contribution in [0.5, 0.6) is 5.75 Å². The van der Waals surface area contributed by atoms with E-state index in [0.29, 0.717) is 13.0 Å². The lowest BCUT2D eigenvalue weighted by molar-refractivity contribution is -0.121. The Morgan fingerprint density at radius 3 is 2.30 bits per heavy atom. The third kappa shape index (κ3) is 6.73. The summed E-state index contributed by atoms with van der Waals surface area (Å²) < 4.78 is 45.0. The SMILES string of the molecule is CC(C)Oc1ccc(CCCNC(=O)[C@H](C)N(c2ccccc2F)S(C)(=O)=O)cc1. The average Bonchev–Trinajstić information content (AvgIpc) is 2.66. The van der Waals surface area contributed by atoms with Gasteiger partial charge in [-0.05, 0) is 63.4 Å². The van der Waals surface area contributed by atoms with Crippen molar-refractivity contribution in [3.63, 3.8) is 0 Å². The molecule has 1 amide bonds. The summed E-state index contributed by atoms with van der Waals surface area (Å²) in [5, 5.41) is 2.74. The second kappa shape index (κ2) is 10.4. The largest absolute Gasteiger partial charge is 0.491 e. The van der Waals surface area contributed by atoms with Crippen molar-refractivity contribution >= 4 is 21.6 Å². The van der Waals surface area contributed by atoms with Gasteiger partial charge in [-0.25, -0.2) is 12.8 Å². The molecular weight excluding hydrogens is 407 g/mol. The summed E-state index contributed by atoms with van der Waals surface area (Å²) in [7, 11) is -3.85. The summed E-state index contributed by atoms with van der Waals surface area (Å²) >= 11 is 0. The molecule has 0 spiro atoms. The minimum Gasteiger partial charge on any atom is -0.491 e. The Morgan fingerprint density at radius 2 is 1.73 bits per heavy atom. The molecule has 0 unspecified atom stereocenters. The molecule has 2 rings (SSSR count). The number of carbonyl (C=O) groups excluding carboxylic acids is 1. The fraction of sp³-hybridized carbons (Fsp3) is 0.409. The van der Waals surface area contributed by atoms with Crippen LogP contribution in [-0.2, 0) is 21.2 Å². The summed E-state index contributed by atoms with van der Waals surface area (Å²) in [6.45, 7) is 5.75. The van der Waals surface area contributed by atoms with Gasteiger partial charge in [0.05, 0.1) is 18.0 Å². The van der Waals surface area contributed by atoms with Crippen LogP contribution in [0.3, 0.4) is 0 Å². The molecule has 30 heavy (non-hydrogen) atoms. The number of benzene rings is 2. The van der Waals surface area contributed by atoms with Crippen LogP contribution in [0.4, 0.5) is 10.1 Å². The van der Waals surface area contributed by atoms with Crippen LogP contribution in [0.1, 0.15) is 32.8 Å². The van der Waals surface area contributed by atoms with Crippen LogP contribution >= 0.6 is 0 Å². The number of carbonyl (C=O) groups is 1.